The van der Waals surface area contributed by atoms with Gasteiger partial charge in [-0.1, -0.05) is 42.5 Å². The van der Waals surface area contributed by atoms with Crippen LogP contribution in [0.15, 0.2) is 42.5 Å². The summed E-state index contributed by atoms with van der Waals surface area (Å²) in [7, 11) is 0. The summed E-state index contributed by atoms with van der Waals surface area (Å²) in [5.74, 6) is 0.519. The first-order valence-corrected chi connectivity index (χ1v) is 7.02. The highest BCUT2D eigenvalue weighted by molar-refractivity contribution is 5.99. The molecule has 0 saturated heterocycles. The largest absolute Gasteiger partial charge is 0.394 e. The second-order valence-electron chi connectivity index (χ2n) is 6.26. The van der Waals surface area contributed by atoms with Crippen LogP contribution in [0.25, 0.3) is 22.0 Å². The molecular formula is C17H20N4. The summed E-state index contributed by atoms with van der Waals surface area (Å²) in [5, 5.41) is 6.96. The highest BCUT2D eigenvalue weighted by atomic mass is 15.4. The van der Waals surface area contributed by atoms with E-state index in [-0.39, 0.29) is 5.54 Å². The Kier molecular flexibility index (Phi) is 2.90. The number of hydrogen-bond acceptors (Lipinski definition) is 3. The highest BCUT2D eigenvalue weighted by Gasteiger charge is 2.23. The molecule has 4 heteroatoms. The molecule has 2 aromatic carbocycles. The van der Waals surface area contributed by atoms with Crippen LogP contribution in [0.2, 0.25) is 0 Å². The van der Waals surface area contributed by atoms with Gasteiger partial charge in [-0.25, -0.2) is 4.68 Å². The second-order valence-corrected chi connectivity index (χ2v) is 6.26. The lowest BCUT2D eigenvalue weighted by Gasteiger charge is -2.20. The predicted molar refractivity (Wildman–Crippen MR) is 89.0 cm³/mol. The zero-order chi connectivity index (χ0) is 15.2. The molecular weight excluding hydrogens is 260 g/mol. The molecule has 3 aromatic rings. The van der Waals surface area contributed by atoms with Gasteiger partial charge < -0.3 is 11.5 Å². The molecule has 0 spiro atoms. The molecule has 0 amide bonds. The second kappa shape index (κ2) is 4.52. The van der Waals surface area contributed by atoms with Crippen LogP contribution >= 0.6 is 0 Å². The molecule has 0 fully saturated rings. The number of rotatable bonds is 1. The van der Waals surface area contributed by atoms with Crippen LogP contribution in [0, 0.1) is 0 Å². The quantitative estimate of drug-likeness (QED) is 0.715. The first kappa shape index (κ1) is 13.5. The minimum atomic E-state index is -0.207. The zero-order valence-corrected chi connectivity index (χ0v) is 12.6. The number of aromatic nitrogens is 2. The number of fused-ring (bicyclic) bond motifs is 1. The van der Waals surface area contributed by atoms with E-state index in [1.807, 2.05) is 24.3 Å². The summed E-state index contributed by atoms with van der Waals surface area (Å²) in [4.78, 5) is 0. The molecule has 21 heavy (non-hydrogen) atoms. The van der Waals surface area contributed by atoms with Gasteiger partial charge >= 0.3 is 0 Å². The topological polar surface area (TPSA) is 69.9 Å². The minimum Gasteiger partial charge on any atom is -0.394 e. The van der Waals surface area contributed by atoms with E-state index in [1.165, 1.54) is 5.39 Å². The van der Waals surface area contributed by atoms with Crippen molar-refractivity contribution in [1.29, 1.82) is 0 Å². The fourth-order valence-electron chi connectivity index (χ4n) is 2.59. The zero-order valence-electron chi connectivity index (χ0n) is 12.6. The van der Waals surface area contributed by atoms with E-state index >= 15 is 0 Å². The third kappa shape index (κ3) is 2.13. The Bertz CT molecular complexity index is 804. The molecule has 4 nitrogen and oxygen atoms in total. The maximum absolute atomic E-state index is 6.21. The fourth-order valence-corrected chi connectivity index (χ4v) is 2.59. The van der Waals surface area contributed by atoms with Gasteiger partial charge in [0.25, 0.3) is 0 Å². The van der Waals surface area contributed by atoms with Gasteiger partial charge in [0.05, 0.1) is 5.54 Å². The Morgan fingerprint density at radius 2 is 1.62 bits per heavy atom. The molecule has 0 atom stereocenters. The number of benzene rings is 2. The van der Waals surface area contributed by atoms with E-state index in [1.54, 1.807) is 4.68 Å². The van der Waals surface area contributed by atoms with Crippen molar-refractivity contribution in [1.82, 2.24) is 9.78 Å². The van der Waals surface area contributed by atoms with Crippen LogP contribution in [-0.2, 0) is 5.54 Å². The third-order valence-corrected chi connectivity index (χ3v) is 3.64. The molecule has 4 N–H and O–H groups in total. The van der Waals surface area contributed by atoms with Crippen molar-refractivity contribution in [3.05, 3.63) is 42.5 Å². The van der Waals surface area contributed by atoms with Crippen molar-refractivity contribution in [3.63, 3.8) is 0 Å². The van der Waals surface area contributed by atoms with Crippen LogP contribution in [0.3, 0.4) is 0 Å². The van der Waals surface area contributed by atoms with Gasteiger partial charge in [-0.15, -0.1) is 0 Å². The van der Waals surface area contributed by atoms with Crippen LogP contribution in [-0.4, -0.2) is 9.78 Å². The van der Waals surface area contributed by atoms with E-state index in [2.05, 4.69) is 44.1 Å². The fraction of sp³-hybridized carbons (Fsp3) is 0.235. The van der Waals surface area contributed by atoms with Crippen LogP contribution in [0.1, 0.15) is 20.8 Å². The lowest BCUT2D eigenvalue weighted by Crippen LogP contribution is -2.24. The maximum atomic E-state index is 6.21. The van der Waals surface area contributed by atoms with E-state index < -0.39 is 0 Å². The van der Waals surface area contributed by atoms with Crippen molar-refractivity contribution < 1.29 is 0 Å². The lowest BCUT2D eigenvalue weighted by atomic mass is 10.0. The summed E-state index contributed by atoms with van der Waals surface area (Å²) >= 11 is 0. The number of anilines is 2. The van der Waals surface area contributed by atoms with E-state index in [4.69, 9.17) is 11.5 Å². The standard InChI is InChI=1S/C17H20N4/c1-17(2,3)21-16(19)14(18)15(20-21)13-10-6-8-11-7-4-5-9-12(11)13/h4-10H,18-19H2,1-3H3. The minimum absolute atomic E-state index is 0.207. The Balaban J connectivity index is 2.29. The molecule has 108 valence electrons. The van der Waals surface area contributed by atoms with E-state index in [9.17, 15) is 0 Å². The Morgan fingerprint density at radius 1 is 0.952 bits per heavy atom. The SMILES string of the molecule is CC(C)(C)n1nc(-c2cccc3ccccc23)c(N)c1N. The van der Waals surface area contributed by atoms with Crippen molar-refractivity contribution in [2.45, 2.75) is 26.3 Å². The van der Waals surface area contributed by atoms with Gasteiger partial charge in [0.1, 0.15) is 17.2 Å². The van der Waals surface area contributed by atoms with Crippen LogP contribution < -0.4 is 11.5 Å². The predicted octanol–water partition coefficient (Wildman–Crippen LogP) is 3.62. The number of nitrogens with two attached hydrogens (primary N) is 2. The average molecular weight is 280 g/mol. The number of hydrogen-bond donors (Lipinski definition) is 2. The molecule has 1 heterocycles. The molecule has 0 unspecified atom stereocenters. The van der Waals surface area contributed by atoms with Crippen molar-refractivity contribution in [2.75, 3.05) is 11.5 Å². The lowest BCUT2D eigenvalue weighted by molar-refractivity contribution is 0.362. The Hall–Kier alpha value is -2.49. The van der Waals surface area contributed by atoms with Gasteiger partial charge in [0, 0.05) is 5.56 Å². The third-order valence-electron chi connectivity index (χ3n) is 3.64. The average Bonchev–Trinajstić information content (AvgIpc) is 2.75. The van der Waals surface area contributed by atoms with Gasteiger partial charge in [-0.2, -0.15) is 5.10 Å². The van der Waals surface area contributed by atoms with Crippen molar-refractivity contribution in [2.24, 2.45) is 0 Å². The normalized spacial score (nSPS) is 12.0. The van der Waals surface area contributed by atoms with Crippen molar-refractivity contribution >= 4 is 22.3 Å². The summed E-state index contributed by atoms with van der Waals surface area (Å²) in [6, 6.07) is 14.3. The van der Waals surface area contributed by atoms with E-state index in [0.29, 0.717) is 11.5 Å². The summed E-state index contributed by atoms with van der Waals surface area (Å²) in [5.41, 5.74) is 14.5. The molecule has 0 bridgehead atoms. The molecule has 0 radical (unpaired) electrons. The Labute approximate surface area is 124 Å². The molecule has 0 saturated carbocycles. The van der Waals surface area contributed by atoms with E-state index in [0.717, 1.165) is 16.6 Å². The van der Waals surface area contributed by atoms with Gasteiger partial charge in [-0.3, -0.25) is 0 Å². The number of nitrogen functional groups attached to an aromatic ring is 2. The molecule has 0 aliphatic heterocycles. The van der Waals surface area contributed by atoms with Crippen LogP contribution in [0.5, 0.6) is 0 Å². The highest BCUT2D eigenvalue weighted by Crippen LogP contribution is 2.36. The summed E-state index contributed by atoms with van der Waals surface area (Å²) < 4.78 is 1.79. The monoisotopic (exact) mass is 280 g/mol. The Morgan fingerprint density at radius 3 is 2.29 bits per heavy atom. The van der Waals surface area contributed by atoms with Gasteiger partial charge in [-0.05, 0) is 31.5 Å². The first-order chi connectivity index (χ1) is 9.89. The van der Waals surface area contributed by atoms with Gasteiger partial charge in [0.2, 0.25) is 0 Å². The molecule has 0 aliphatic carbocycles. The van der Waals surface area contributed by atoms with Crippen molar-refractivity contribution in [3.8, 4) is 11.3 Å². The molecule has 3 rings (SSSR count). The molecule has 0 aliphatic rings. The summed E-state index contributed by atoms with van der Waals surface area (Å²) in [6.07, 6.45) is 0. The maximum Gasteiger partial charge on any atom is 0.146 e. The first-order valence-electron chi connectivity index (χ1n) is 7.02. The smallest absolute Gasteiger partial charge is 0.146 e. The number of nitrogens with zero attached hydrogens (tertiary/aromatic N) is 2. The van der Waals surface area contributed by atoms with Gasteiger partial charge in [0.15, 0.2) is 0 Å². The summed E-state index contributed by atoms with van der Waals surface area (Å²) in [6.45, 7) is 6.17. The molecule has 1 aromatic heterocycles. The van der Waals surface area contributed by atoms with Crippen LogP contribution in [0.4, 0.5) is 11.5 Å².